The third-order valence-corrected chi connectivity index (χ3v) is 3.13. The van der Waals surface area contributed by atoms with Crippen LogP contribution < -0.4 is 4.74 Å². The molecule has 0 amide bonds. The molecule has 1 aliphatic rings. The van der Waals surface area contributed by atoms with Gasteiger partial charge in [-0.3, -0.25) is 4.57 Å². The molecule has 2 aromatic rings. The minimum absolute atomic E-state index is 0.617. The fourth-order valence-corrected chi connectivity index (χ4v) is 2.08. The van der Waals surface area contributed by atoms with E-state index in [4.69, 9.17) is 4.74 Å². The molecule has 0 saturated heterocycles. The second-order valence-corrected chi connectivity index (χ2v) is 4.09. The average Bonchev–Trinajstić information content (AvgIpc) is 2.70. The first-order valence-electron chi connectivity index (χ1n) is 5.58. The van der Waals surface area contributed by atoms with Crippen LogP contribution in [0.4, 0.5) is 0 Å². The van der Waals surface area contributed by atoms with Crippen molar-refractivity contribution in [3.05, 3.63) is 41.5 Å². The van der Waals surface area contributed by atoms with Gasteiger partial charge in [0.05, 0.1) is 23.4 Å². The molecule has 0 aliphatic carbocycles. The largest absolute Gasteiger partial charge is 0.485 e. The van der Waals surface area contributed by atoms with E-state index in [-0.39, 0.29) is 0 Å². The average molecular weight is 214 g/mol. The Labute approximate surface area is 94.7 Å². The summed E-state index contributed by atoms with van der Waals surface area (Å²) in [5.41, 5.74) is 4.60. The molecule has 0 unspecified atom stereocenters. The van der Waals surface area contributed by atoms with E-state index in [1.807, 2.05) is 13.3 Å². The number of hydrogen-bond donors (Lipinski definition) is 0. The number of hydrogen-bond acceptors (Lipinski definition) is 2. The van der Waals surface area contributed by atoms with E-state index in [1.165, 1.54) is 5.56 Å². The first-order valence-corrected chi connectivity index (χ1v) is 5.58. The zero-order chi connectivity index (χ0) is 11.1. The lowest BCUT2D eigenvalue weighted by Crippen LogP contribution is -2.12. The summed E-state index contributed by atoms with van der Waals surface area (Å²) in [6.45, 7) is 4.78. The zero-order valence-electron chi connectivity index (χ0n) is 9.53. The Bertz CT molecular complexity index is 543. The van der Waals surface area contributed by atoms with Crippen LogP contribution in [0.15, 0.2) is 24.5 Å². The smallest absolute Gasteiger partial charge is 0.144 e. The summed E-state index contributed by atoms with van der Waals surface area (Å²) in [7, 11) is 0. The van der Waals surface area contributed by atoms with E-state index in [1.54, 1.807) is 0 Å². The molecule has 0 spiro atoms. The van der Waals surface area contributed by atoms with Gasteiger partial charge < -0.3 is 4.74 Å². The van der Waals surface area contributed by atoms with E-state index >= 15 is 0 Å². The highest BCUT2D eigenvalue weighted by Crippen LogP contribution is 2.31. The Morgan fingerprint density at radius 2 is 2.31 bits per heavy atom. The van der Waals surface area contributed by atoms with Gasteiger partial charge in [-0.05, 0) is 31.0 Å². The Hall–Kier alpha value is -1.77. The molecule has 1 aromatic carbocycles. The minimum Gasteiger partial charge on any atom is -0.485 e. The molecule has 3 heteroatoms. The summed E-state index contributed by atoms with van der Waals surface area (Å²) in [5.74, 6) is 0.962. The third-order valence-electron chi connectivity index (χ3n) is 3.13. The number of fused-ring (bicyclic) bond motifs is 3. The highest BCUT2D eigenvalue weighted by molar-refractivity contribution is 5.52. The molecule has 0 radical (unpaired) electrons. The quantitative estimate of drug-likeness (QED) is 0.729. The molecular formula is C13H14N2O. The topological polar surface area (TPSA) is 27.1 Å². The number of aryl methyl sites for hydroxylation is 2. The van der Waals surface area contributed by atoms with Gasteiger partial charge in [0.25, 0.3) is 0 Å². The molecule has 0 fully saturated rings. The standard InChI is InChI=1S/C13H14N2O/c1-3-10-4-5-11-13(6-10)16-7-12-9(2)14-8-15(11)12/h4-6,8H,3,7H2,1-2H3. The van der Waals surface area contributed by atoms with Crippen LogP contribution in [0.5, 0.6) is 5.75 Å². The van der Waals surface area contributed by atoms with E-state index in [9.17, 15) is 0 Å². The van der Waals surface area contributed by atoms with Crippen molar-refractivity contribution in [2.75, 3.05) is 0 Å². The molecule has 16 heavy (non-hydrogen) atoms. The maximum atomic E-state index is 5.77. The van der Waals surface area contributed by atoms with Gasteiger partial charge in [-0.2, -0.15) is 0 Å². The summed E-state index contributed by atoms with van der Waals surface area (Å²) >= 11 is 0. The van der Waals surface area contributed by atoms with Crippen molar-refractivity contribution in [2.24, 2.45) is 0 Å². The van der Waals surface area contributed by atoms with Crippen LogP contribution in [0, 0.1) is 6.92 Å². The first kappa shape index (κ1) is 9.46. The van der Waals surface area contributed by atoms with Crippen molar-refractivity contribution in [1.82, 2.24) is 9.55 Å². The van der Waals surface area contributed by atoms with Crippen molar-refractivity contribution >= 4 is 0 Å². The molecule has 3 nitrogen and oxygen atoms in total. The molecule has 0 atom stereocenters. The highest BCUT2D eigenvalue weighted by atomic mass is 16.5. The third kappa shape index (κ3) is 1.24. The first-order chi connectivity index (χ1) is 7.79. The van der Waals surface area contributed by atoms with Gasteiger partial charge >= 0.3 is 0 Å². The monoisotopic (exact) mass is 214 g/mol. The molecule has 2 heterocycles. The number of imidazole rings is 1. The van der Waals surface area contributed by atoms with Gasteiger partial charge in [0, 0.05) is 0 Å². The van der Waals surface area contributed by atoms with E-state index in [0.717, 1.165) is 29.2 Å². The van der Waals surface area contributed by atoms with Gasteiger partial charge in [-0.1, -0.05) is 13.0 Å². The van der Waals surface area contributed by atoms with Gasteiger partial charge in [0.2, 0.25) is 0 Å². The van der Waals surface area contributed by atoms with Crippen molar-refractivity contribution in [3.8, 4) is 11.4 Å². The molecule has 1 aliphatic heterocycles. The molecule has 0 saturated carbocycles. The lowest BCUT2D eigenvalue weighted by atomic mass is 10.1. The molecular weight excluding hydrogens is 200 g/mol. The van der Waals surface area contributed by atoms with Gasteiger partial charge in [0.1, 0.15) is 12.4 Å². The fraction of sp³-hybridized carbons (Fsp3) is 0.308. The Kier molecular flexibility index (Phi) is 1.99. The molecule has 0 bridgehead atoms. The summed E-state index contributed by atoms with van der Waals surface area (Å²) in [6.07, 6.45) is 2.91. The van der Waals surface area contributed by atoms with Crippen LogP contribution in [-0.4, -0.2) is 9.55 Å². The van der Waals surface area contributed by atoms with E-state index in [0.29, 0.717) is 6.61 Å². The van der Waals surface area contributed by atoms with Crippen LogP contribution in [0.1, 0.15) is 23.9 Å². The van der Waals surface area contributed by atoms with Crippen molar-refractivity contribution in [1.29, 1.82) is 0 Å². The number of rotatable bonds is 1. The SMILES string of the molecule is CCc1ccc2c(c1)OCc1c(C)ncn1-2. The zero-order valence-corrected chi connectivity index (χ0v) is 9.53. The summed E-state index contributed by atoms with van der Waals surface area (Å²) in [5, 5.41) is 0. The fourth-order valence-electron chi connectivity index (χ4n) is 2.08. The van der Waals surface area contributed by atoms with Crippen molar-refractivity contribution in [2.45, 2.75) is 26.9 Å². The molecule has 1 aromatic heterocycles. The maximum absolute atomic E-state index is 5.77. The predicted octanol–water partition coefficient (Wildman–Crippen LogP) is 2.64. The van der Waals surface area contributed by atoms with E-state index in [2.05, 4.69) is 34.7 Å². The van der Waals surface area contributed by atoms with Crippen LogP contribution in [0.25, 0.3) is 5.69 Å². The second kappa shape index (κ2) is 3.37. The number of nitrogens with zero attached hydrogens (tertiary/aromatic N) is 2. The number of benzene rings is 1. The van der Waals surface area contributed by atoms with Crippen molar-refractivity contribution in [3.63, 3.8) is 0 Å². The van der Waals surface area contributed by atoms with Crippen LogP contribution >= 0.6 is 0 Å². The van der Waals surface area contributed by atoms with Crippen molar-refractivity contribution < 1.29 is 4.74 Å². The van der Waals surface area contributed by atoms with Gasteiger partial charge in [-0.15, -0.1) is 0 Å². The van der Waals surface area contributed by atoms with Crippen LogP contribution in [0.3, 0.4) is 0 Å². The lowest BCUT2D eigenvalue weighted by molar-refractivity contribution is 0.284. The van der Waals surface area contributed by atoms with Crippen LogP contribution in [-0.2, 0) is 13.0 Å². The highest BCUT2D eigenvalue weighted by Gasteiger charge is 2.18. The second-order valence-electron chi connectivity index (χ2n) is 4.09. The maximum Gasteiger partial charge on any atom is 0.144 e. The minimum atomic E-state index is 0.617. The van der Waals surface area contributed by atoms with Crippen LogP contribution in [0.2, 0.25) is 0 Å². The summed E-state index contributed by atoms with van der Waals surface area (Å²) in [4.78, 5) is 4.32. The summed E-state index contributed by atoms with van der Waals surface area (Å²) < 4.78 is 7.89. The molecule has 82 valence electrons. The number of ether oxygens (including phenoxy) is 1. The van der Waals surface area contributed by atoms with Gasteiger partial charge in [0.15, 0.2) is 0 Å². The number of aromatic nitrogens is 2. The Morgan fingerprint density at radius 1 is 1.44 bits per heavy atom. The summed E-state index contributed by atoms with van der Waals surface area (Å²) in [6, 6.07) is 6.37. The normalized spacial score (nSPS) is 12.9. The Balaban J connectivity index is 2.18. The molecule has 3 rings (SSSR count). The van der Waals surface area contributed by atoms with Gasteiger partial charge in [-0.25, -0.2) is 4.98 Å². The molecule has 0 N–H and O–H groups in total. The van der Waals surface area contributed by atoms with E-state index < -0.39 is 0 Å². The predicted molar refractivity (Wildman–Crippen MR) is 62.0 cm³/mol. The Morgan fingerprint density at radius 3 is 3.12 bits per heavy atom. The lowest BCUT2D eigenvalue weighted by Gasteiger charge is -2.20.